The van der Waals surface area contributed by atoms with Gasteiger partial charge in [0.25, 0.3) is 0 Å². The highest BCUT2D eigenvalue weighted by atomic mass is 35.5. The molecule has 1 aromatic heterocycles. The van der Waals surface area contributed by atoms with E-state index < -0.39 is 6.67 Å². The lowest BCUT2D eigenvalue weighted by Gasteiger charge is -2.41. The van der Waals surface area contributed by atoms with Crippen molar-refractivity contribution in [3.05, 3.63) is 76.2 Å². The molecule has 12 heteroatoms. The van der Waals surface area contributed by atoms with Crippen LogP contribution in [0.2, 0.25) is 5.02 Å². The average Bonchev–Trinajstić information content (AvgIpc) is 3.35. The van der Waals surface area contributed by atoms with E-state index in [2.05, 4.69) is 43.8 Å². The van der Waals surface area contributed by atoms with E-state index in [4.69, 9.17) is 37.6 Å². The molecule has 1 atom stereocenters. The van der Waals surface area contributed by atoms with Crippen LogP contribution in [-0.4, -0.2) is 111 Å². The summed E-state index contributed by atoms with van der Waals surface area (Å²) < 4.78 is 24.6. The number of carbonyl (C=O) groups is 1. The fourth-order valence-corrected chi connectivity index (χ4v) is 6.87. The van der Waals surface area contributed by atoms with Crippen molar-refractivity contribution < 1.29 is 18.7 Å². The van der Waals surface area contributed by atoms with E-state index in [9.17, 15) is 9.18 Å². The topological polar surface area (TPSA) is 78.6 Å². The van der Waals surface area contributed by atoms with Gasteiger partial charge in [0.05, 0.1) is 23.9 Å². The molecule has 10 nitrogen and oxygen atoms in total. The number of allylic oxidation sites excluding steroid dienone is 1. The highest BCUT2D eigenvalue weighted by Crippen LogP contribution is 2.37. The summed E-state index contributed by atoms with van der Waals surface area (Å²) in [6, 6.07) is 12.2. The quantitative estimate of drug-likeness (QED) is 0.250. The Bertz CT molecular complexity index is 1600. The number of amides is 1. The van der Waals surface area contributed by atoms with Crippen molar-refractivity contribution in [1.29, 1.82) is 0 Å². The Morgan fingerprint density at radius 1 is 1.11 bits per heavy atom. The minimum absolute atomic E-state index is 0.150. The summed E-state index contributed by atoms with van der Waals surface area (Å²) in [4.78, 5) is 34.8. The van der Waals surface area contributed by atoms with Crippen LogP contribution < -0.4 is 14.5 Å². The van der Waals surface area contributed by atoms with Crippen LogP contribution in [0.4, 0.5) is 15.9 Å². The Labute approximate surface area is 274 Å². The van der Waals surface area contributed by atoms with Gasteiger partial charge in [-0.25, -0.2) is 11.0 Å². The predicted molar refractivity (Wildman–Crippen MR) is 177 cm³/mol. The molecule has 0 spiro atoms. The molecule has 0 unspecified atom stereocenters. The highest BCUT2D eigenvalue weighted by Gasteiger charge is 2.35. The van der Waals surface area contributed by atoms with Gasteiger partial charge in [-0.1, -0.05) is 35.9 Å². The number of carbonyl (C=O) groups excluding carboxylic acids is 1. The van der Waals surface area contributed by atoms with Crippen molar-refractivity contribution in [3.8, 4) is 6.01 Å². The van der Waals surface area contributed by atoms with Crippen LogP contribution in [0.5, 0.6) is 6.01 Å². The first-order valence-electron chi connectivity index (χ1n) is 15.9. The average molecular weight is 648 g/mol. The zero-order valence-corrected chi connectivity index (χ0v) is 26.7. The van der Waals surface area contributed by atoms with Crippen LogP contribution in [0.15, 0.2) is 48.6 Å². The number of halogens is 2. The molecule has 0 radical (unpaired) electrons. The molecule has 3 aliphatic heterocycles. The number of ether oxygens (including phenoxy) is 2. The summed E-state index contributed by atoms with van der Waals surface area (Å²) in [6.07, 6.45) is 4.18. The number of piperazine rings is 1. The molecular formula is C34H39ClFN7O3. The SMILES string of the molecule is [C-]#[N+]C[C@H]1CN(c2nc(OCCN3CCCOCC3)nc3c2CCN(c2cccc4cccc(Cl)c24)C3)CCN1C(=O)/C=C/CF. The number of anilines is 2. The predicted octanol–water partition coefficient (Wildman–Crippen LogP) is 4.41. The second-order valence-electron chi connectivity index (χ2n) is 11.7. The van der Waals surface area contributed by atoms with E-state index in [1.165, 1.54) is 12.2 Å². The maximum Gasteiger partial charge on any atom is 0.318 e. The zero-order chi connectivity index (χ0) is 31.9. The minimum Gasteiger partial charge on any atom is -0.462 e. The van der Waals surface area contributed by atoms with E-state index in [1.807, 2.05) is 12.1 Å². The molecule has 3 aromatic rings. The van der Waals surface area contributed by atoms with Crippen LogP contribution in [0.25, 0.3) is 15.6 Å². The largest absolute Gasteiger partial charge is 0.462 e. The molecule has 2 saturated heterocycles. The Morgan fingerprint density at radius 2 is 1.98 bits per heavy atom. The monoisotopic (exact) mass is 647 g/mol. The van der Waals surface area contributed by atoms with Crippen LogP contribution in [0.1, 0.15) is 17.7 Å². The van der Waals surface area contributed by atoms with Crippen molar-refractivity contribution in [1.82, 2.24) is 19.8 Å². The summed E-state index contributed by atoms with van der Waals surface area (Å²) in [5, 5.41) is 2.82. The zero-order valence-electron chi connectivity index (χ0n) is 25.9. The van der Waals surface area contributed by atoms with Gasteiger partial charge in [0, 0.05) is 75.1 Å². The van der Waals surface area contributed by atoms with Crippen molar-refractivity contribution in [2.45, 2.75) is 25.4 Å². The summed E-state index contributed by atoms with van der Waals surface area (Å²) in [6.45, 7) is 14.2. The molecule has 0 N–H and O–H groups in total. The van der Waals surface area contributed by atoms with Crippen LogP contribution in [0.3, 0.4) is 0 Å². The fraction of sp³-hybridized carbons (Fsp3) is 0.471. The van der Waals surface area contributed by atoms with Crippen molar-refractivity contribution in [3.63, 3.8) is 0 Å². The van der Waals surface area contributed by atoms with Gasteiger partial charge in [-0.3, -0.25) is 9.69 Å². The number of hydrogen-bond acceptors (Lipinski definition) is 8. The third kappa shape index (κ3) is 7.20. The lowest BCUT2D eigenvalue weighted by molar-refractivity contribution is -0.128. The Balaban J connectivity index is 1.29. The molecule has 3 aliphatic rings. The summed E-state index contributed by atoms with van der Waals surface area (Å²) in [7, 11) is 0. The van der Waals surface area contributed by atoms with Gasteiger partial charge in [0.15, 0.2) is 0 Å². The van der Waals surface area contributed by atoms with Gasteiger partial charge in [-0.2, -0.15) is 9.97 Å². The first kappa shape index (κ1) is 32.0. The number of alkyl halides is 1. The number of rotatable bonds is 9. The Hall–Kier alpha value is -3.98. The van der Waals surface area contributed by atoms with E-state index in [-0.39, 0.29) is 18.5 Å². The van der Waals surface area contributed by atoms with Gasteiger partial charge >= 0.3 is 6.01 Å². The van der Waals surface area contributed by atoms with Gasteiger partial charge < -0.3 is 29.0 Å². The molecule has 242 valence electrons. The molecule has 0 aliphatic carbocycles. The Kier molecular flexibility index (Phi) is 10.5. The summed E-state index contributed by atoms with van der Waals surface area (Å²) >= 11 is 6.70. The van der Waals surface area contributed by atoms with E-state index in [0.29, 0.717) is 50.2 Å². The van der Waals surface area contributed by atoms with E-state index in [0.717, 1.165) is 79.3 Å². The van der Waals surface area contributed by atoms with Crippen molar-refractivity contribution in [2.24, 2.45) is 0 Å². The third-order valence-electron chi connectivity index (χ3n) is 8.87. The molecule has 1 amide bonds. The molecule has 4 heterocycles. The van der Waals surface area contributed by atoms with Gasteiger partial charge in [0.1, 0.15) is 25.1 Å². The van der Waals surface area contributed by atoms with Crippen molar-refractivity contribution >= 4 is 39.8 Å². The summed E-state index contributed by atoms with van der Waals surface area (Å²) in [5.74, 6) is 0.517. The van der Waals surface area contributed by atoms with E-state index >= 15 is 0 Å². The second-order valence-corrected chi connectivity index (χ2v) is 12.1. The molecule has 0 bridgehead atoms. The lowest BCUT2D eigenvalue weighted by Crippen LogP contribution is -2.56. The molecule has 46 heavy (non-hydrogen) atoms. The summed E-state index contributed by atoms with van der Waals surface area (Å²) in [5.41, 5.74) is 3.01. The smallest absolute Gasteiger partial charge is 0.318 e. The first-order valence-corrected chi connectivity index (χ1v) is 16.3. The van der Waals surface area contributed by atoms with Crippen LogP contribution in [0, 0.1) is 6.57 Å². The van der Waals surface area contributed by atoms with E-state index in [1.54, 1.807) is 4.90 Å². The maximum atomic E-state index is 12.8. The van der Waals surface area contributed by atoms with Crippen molar-refractivity contribution in [2.75, 3.05) is 88.7 Å². The van der Waals surface area contributed by atoms with Crippen LogP contribution >= 0.6 is 11.6 Å². The van der Waals surface area contributed by atoms with Gasteiger partial charge in [0.2, 0.25) is 12.5 Å². The number of aromatic nitrogens is 2. The standard InChI is InChI=1S/C34H39ClFN7O3/c1-37-22-26-23-42(15-16-43(26)31(44)10-4-12-36)33-27-11-14-41(30-9-3-7-25-6-2-8-28(35)32(25)30)24-29(27)38-34(39-33)46-21-18-40-13-5-19-45-20-17-40/h2-4,6-10,26H,5,11-24H2/b10-4+/t26-/m0/s1. The normalized spacial score (nSPS) is 19.2. The third-order valence-corrected chi connectivity index (χ3v) is 9.18. The fourth-order valence-electron chi connectivity index (χ4n) is 6.59. The number of nitrogens with zero attached hydrogens (tertiary/aromatic N) is 7. The molecule has 0 saturated carbocycles. The number of fused-ring (bicyclic) bond motifs is 2. The maximum absolute atomic E-state index is 12.8. The minimum atomic E-state index is -0.706. The molecule has 2 aromatic carbocycles. The number of hydrogen-bond donors (Lipinski definition) is 0. The molecular weight excluding hydrogens is 609 g/mol. The molecule has 6 rings (SSSR count). The number of benzene rings is 2. The first-order chi connectivity index (χ1) is 22.6. The Morgan fingerprint density at radius 3 is 2.83 bits per heavy atom. The lowest BCUT2D eigenvalue weighted by atomic mass is 10.0. The highest BCUT2D eigenvalue weighted by molar-refractivity contribution is 6.36. The van der Waals surface area contributed by atoms with Gasteiger partial charge in [-0.05, 0) is 36.4 Å². The van der Waals surface area contributed by atoms with Crippen LogP contribution in [-0.2, 0) is 22.5 Å². The molecule has 2 fully saturated rings. The van der Waals surface area contributed by atoms with Gasteiger partial charge in [-0.15, -0.1) is 0 Å². The second kappa shape index (κ2) is 15.1.